The number of benzene rings is 1. The van der Waals surface area contributed by atoms with Gasteiger partial charge in [-0.1, -0.05) is 6.07 Å². The molecule has 0 saturated carbocycles. The first kappa shape index (κ1) is 15.3. The van der Waals surface area contributed by atoms with Crippen LogP contribution in [0.5, 0.6) is 0 Å². The molecule has 0 aliphatic heterocycles. The molecule has 106 valence electrons. The topological polar surface area (TPSA) is 113 Å². The van der Waals surface area contributed by atoms with Gasteiger partial charge in [-0.05, 0) is 39.0 Å². The zero-order valence-corrected chi connectivity index (χ0v) is 11.8. The first-order valence-corrected chi connectivity index (χ1v) is 7.09. The van der Waals surface area contributed by atoms with E-state index in [1.807, 2.05) is 20.8 Å². The Morgan fingerprint density at radius 3 is 2.32 bits per heavy atom. The van der Waals surface area contributed by atoms with Gasteiger partial charge in [0.15, 0.2) is 0 Å². The largest absolute Gasteiger partial charge is 0.333 e. The van der Waals surface area contributed by atoms with E-state index >= 15 is 0 Å². The van der Waals surface area contributed by atoms with Crippen LogP contribution in [0.15, 0.2) is 24.3 Å². The normalized spacial score (nSPS) is 11.8. The number of anilines is 2. The van der Waals surface area contributed by atoms with Crippen molar-refractivity contribution in [1.29, 1.82) is 0 Å². The van der Waals surface area contributed by atoms with Gasteiger partial charge in [0.25, 0.3) is 10.2 Å². The van der Waals surface area contributed by atoms with Crippen molar-refractivity contribution in [3.63, 3.8) is 0 Å². The summed E-state index contributed by atoms with van der Waals surface area (Å²) >= 11 is 0. The van der Waals surface area contributed by atoms with Gasteiger partial charge in [0.1, 0.15) is 0 Å². The summed E-state index contributed by atoms with van der Waals surface area (Å²) in [6.45, 7) is 5.56. The maximum atomic E-state index is 11.6. The lowest BCUT2D eigenvalue weighted by Crippen LogP contribution is -2.43. The molecule has 0 unspecified atom stereocenters. The fraction of sp³-hybridized carbons (Fsp3) is 0.364. The van der Waals surface area contributed by atoms with Crippen LogP contribution in [0.4, 0.5) is 16.2 Å². The Kier molecular flexibility index (Phi) is 4.38. The Hall–Kier alpha value is -1.80. The van der Waals surface area contributed by atoms with E-state index in [0.717, 1.165) is 0 Å². The zero-order valence-electron chi connectivity index (χ0n) is 11.0. The van der Waals surface area contributed by atoms with Crippen molar-refractivity contribution in [2.75, 3.05) is 10.0 Å². The standard InChI is InChI=1S/C11H18N4O3S/c1-11(2,3)14-10(16)13-8-5-4-6-9(7-8)15-19(12,17)18/h4-7,15H,1-3H3,(H2,12,17,18)(H2,13,14,16). The lowest BCUT2D eigenvalue weighted by molar-refractivity contribution is 0.244. The van der Waals surface area contributed by atoms with Gasteiger partial charge in [-0.15, -0.1) is 0 Å². The van der Waals surface area contributed by atoms with Crippen molar-refractivity contribution in [3.8, 4) is 0 Å². The molecule has 0 atom stereocenters. The Labute approximate surface area is 112 Å². The summed E-state index contributed by atoms with van der Waals surface area (Å²) in [5.74, 6) is 0. The predicted octanol–water partition coefficient (Wildman–Crippen LogP) is 1.22. The molecule has 0 spiro atoms. The van der Waals surface area contributed by atoms with Crippen LogP contribution in [0.2, 0.25) is 0 Å². The van der Waals surface area contributed by atoms with Gasteiger partial charge in [-0.2, -0.15) is 8.42 Å². The molecule has 8 heteroatoms. The minimum absolute atomic E-state index is 0.274. The number of carbonyl (C=O) groups excluding carboxylic acids is 1. The molecule has 1 rings (SSSR count). The molecule has 0 aromatic heterocycles. The first-order chi connectivity index (χ1) is 8.55. The van der Waals surface area contributed by atoms with Crippen molar-refractivity contribution < 1.29 is 13.2 Å². The second-order valence-electron chi connectivity index (χ2n) is 5.06. The molecule has 0 bridgehead atoms. The molecule has 0 saturated heterocycles. The Balaban J connectivity index is 2.75. The third kappa shape index (κ3) is 6.63. The summed E-state index contributed by atoms with van der Waals surface area (Å²) in [5.41, 5.74) is 0.368. The number of hydrogen-bond donors (Lipinski definition) is 4. The van der Waals surface area contributed by atoms with E-state index in [2.05, 4.69) is 15.4 Å². The van der Waals surface area contributed by atoms with Crippen LogP contribution in [0.1, 0.15) is 20.8 Å². The van der Waals surface area contributed by atoms with Crippen molar-refractivity contribution in [3.05, 3.63) is 24.3 Å². The van der Waals surface area contributed by atoms with Gasteiger partial charge in [-0.3, -0.25) is 4.72 Å². The zero-order chi connectivity index (χ0) is 14.7. The third-order valence-corrected chi connectivity index (χ3v) is 2.39. The quantitative estimate of drug-likeness (QED) is 0.670. The fourth-order valence-corrected chi connectivity index (χ4v) is 1.78. The van der Waals surface area contributed by atoms with Crippen molar-refractivity contribution >= 4 is 27.6 Å². The smallest absolute Gasteiger partial charge is 0.319 e. The minimum atomic E-state index is -3.83. The third-order valence-electron chi connectivity index (χ3n) is 1.87. The number of amides is 2. The van der Waals surface area contributed by atoms with Gasteiger partial charge in [0.2, 0.25) is 0 Å². The predicted molar refractivity (Wildman–Crippen MR) is 75.1 cm³/mol. The van der Waals surface area contributed by atoms with E-state index in [1.54, 1.807) is 12.1 Å². The summed E-state index contributed by atoms with van der Waals surface area (Å²) in [7, 11) is -3.83. The van der Waals surface area contributed by atoms with Crippen LogP contribution in [-0.2, 0) is 10.2 Å². The van der Waals surface area contributed by atoms with Gasteiger partial charge in [-0.25, -0.2) is 9.93 Å². The van der Waals surface area contributed by atoms with Crippen molar-refractivity contribution in [2.24, 2.45) is 5.14 Å². The molecular weight excluding hydrogens is 268 g/mol. The molecule has 0 heterocycles. The highest BCUT2D eigenvalue weighted by Gasteiger charge is 2.13. The molecule has 0 radical (unpaired) electrons. The highest BCUT2D eigenvalue weighted by atomic mass is 32.2. The van der Waals surface area contributed by atoms with E-state index in [-0.39, 0.29) is 17.3 Å². The van der Waals surface area contributed by atoms with E-state index in [0.29, 0.717) is 5.69 Å². The summed E-state index contributed by atoms with van der Waals surface area (Å²) in [4.78, 5) is 11.6. The second kappa shape index (κ2) is 5.45. The van der Waals surface area contributed by atoms with Crippen LogP contribution < -0.4 is 20.5 Å². The molecule has 1 aromatic carbocycles. The van der Waals surface area contributed by atoms with Gasteiger partial charge in [0.05, 0.1) is 5.69 Å². The average Bonchev–Trinajstić information content (AvgIpc) is 2.11. The summed E-state index contributed by atoms with van der Waals surface area (Å²) in [6.07, 6.45) is 0. The van der Waals surface area contributed by atoms with Crippen LogP contribution >= 0.6 is 0 Å². The van der Waals surface area contributed by atoms with E-state index in [9.17, 15) is 13.2 Å². The molecule has 2 amide bonds. The number of hydrogen-bond acceptors (Lipinski definition) is 3. The number of nitrogens with one attached hydrogen (secondary N) is 3. The average molecular weight is 286 g/mol. The molecule has 0 aliphatic carbocycles. The molecular formula is C11H18N4O3S. The monoisotopic (exact) mass is 286 g/mol. The van der Waals surface area contributed by atoms with Crippen molar-refractivity contribution in [1.82, 2.24) is 5.32 Å². The van der Waals surface area contributed by atoms with Gasteiger partial charge in [0, 0.05) is 11.2 Å². The van der Waals surface area contributed by atoms with Gasteiger partial charge >= 0.3 is 6.03 Å². The molecule has 7 nitrogen and oxygen atoms in total. The lowest BCUT2D eigenvalue weighted by Gasteiger charge is -2.20. The molecule has 19 heavy (non-hydrogen) atoms. The van der Waals surface area contributed by atoms with Crippen LogP contribution in [0.25, 0.3) is 0 Å². The van der Waals surface area contributed by atoms with Crippen LogP contribution in [0, 0.1) is 0 Å². The van der Waals surface area contributed by atoms with Crippen LogP contribution in [-0.4, -0.2) is 20.0 Å². The SMILES string of the molecule is CC(C)(C)NC(=O)Nc1cccc(NS(N)(=O)=O)c1. The second-order valence-corrected chi connectivity index (χ2v) is 6.35. The highest BCUT2D eigenvalue weighted by molar-refractivity contribution is 7.90. The number of rotatable bonds is 3. The highest BCUT2D eigenvalue weighted by Crippen LogP contribution is 2.15. The van der Waals surface area contributed by atoms with Crippen molar-refractivity contribution in [2.45, 2.75) is 26.3 Å². The van der Waals surface area contributed by atoms with E-state index < -0.39 is 10.2 Å². The summed E-state index contributed by atoms with van der Waals surface area (Å²) in [6, 6.07) is 5.85. The van der Waals surface area contributed by atoms with E-state index in [1.165, 1.54) is 12.1 Å². The number of carbonyl (C=O) groups is 1. The maximum absolute atomic E-state index is 11.6. The molecule has 0 fully saturated rings. The van der Waals surface area contributed by atoms with Crippen LogP contribution in [0.3, 0.4) is 0 Å². The minimum Gasteiger partial charge on any atom is -0.333 e. The number of nitrogens with two attached hydrogens (primary N) is 1. The number of urea groups is 1. The Morgan fingerprint density at radius 2 is 1.79 bits per heavy atom. The Morgan fingerprint density at radius 1 is 1.21 bits per heavy atom. The van der Waals surface area contributed by atoms with E-state index in [4.69, 9.17) is 5.14 Å². The molecule has 1 aromatic rings. The molecule has 0 aliphatic rings. The summed E-state index contributed by atoms with van der Waals surface area (Å²) < 4.78 is 23.9. The fourth-order valence-electron chi connectivity index (χ4n) is 1.33. The van der Waals surface area contributed by atoms with Gasteiger partial charge < -0.3 is 10.6 Å². The maximum Gasteiger partial charge on any atom is 0.319 e. The lowest BCUT2D eigenvalue weighted by atomic mass is 10.1. The Bertz CT molecular complexity index is 564. The molecule has 5 N–H and O–H groups in total. The summed E-state index contributed by atoms with van der Waals surface area (Å²) in [5, 5.41) is 10.2. The first-order valence-electron chi connectivity index (χ1n) is 5.55.